The lowest BCUT2D eigenvalue weighted by molar-refractivity contribution is -0.231. The Hall–Kier alpha value is -1.80. The van der Waals surface area contributed by atoms with Gasteiger partial charge >= 0.3 is 0 Å². The summed E-state index contributed by atoms with van der Waals surface area (Å²) >= 11 is 6.41. The van der Waals surface area contributed by atoms with Crippen LogP contribution < -0.4 is 9.46 Å². The summed E-state index contributed by atoms with van der Waals surface area (Å²) in [6, 6.07) is 12.5. The fourth-order valence-electron chi connectivity index (χ4n) is 4.57. The van der Waals surface area contributed by atoms with E-state index in [1.165, 1.54) is 4.31 Å². The van der Waals surface area contributed by atoms with Crippen molar-refractivity contribution in [2.75, 3.05) is 32.8 Å². The van der Waals surface area contributed by atoms with Gasteiger partial charge in [0.05, 0.1) is 6.61 Å². The maximum atomic E-state index is 12.2. The molecule has 204 valence electrons. The van der Waals surface area contributed by atoms with Crippen molar-refractivity contribution in [3.05, 3.63) is 64.2 Å². The third-order valence-electron chi connectivity index (χ3n) is 6.67. The summed E-state index contributed by atoms with van der Waals surface area (Å²) in [4.78, 5) is 0. The Morgan fingerprint density at radius 3 is 2.41 bits per heavy atom. The van der Waals surface area contributed by atoms with Crippen molar-refractivity contribution < 1.29 is 38.3 Å². The van der Waals surface area contributed by atoms with Crippen LogP contribution >= 0.6 is 11.6 Å². The zero-order valence-corrected chi connectivity index (χ0v) is 21.8. The first-order valence-corrected chi connectivity index (χ1v) is 14.1. The van der Waals surface area contributed by atoms with Gasteiger partial charge in [0.25, 0.3) is 10.2 Å². The number of ether oxygens (including phenoxy) is 2. The number of halogens is 1. The maximum absolute atomic E-state index is 12.2. The molecule has 2 fully saturated rings. The second-order valence-corrected chi connectivity index (χ2v) is 11.4. The molecule has 2 aromatic carbocycles. The zero-order chi connectivity index (χ0) is 26.6. The van der Waals surface area contributed by atoms with Crippen molar-refractivity contribution in [1.82, 2.24) is 9.03 Å². The van der Waals surface area contributed by atoms with Crippen LogP contribution in [0.2, 0.25) is 5.02 Å². The van der Waals surface area contributed by atoms with Crippen molar-refractivity contribution in [3.8, 4) is 5.75 Å². The predicted octanol–water partition coefficient (Wildman–Crippen LogP) is 0.755. The van der Waals surface area contributed by atoms with Crippen LogP contribution in [0.4, 0.5) is 0 Å². The van der Waals surface area contributed by atoms with E-state index in [-0.39, 0.29) is 13.2 Å². The van der Waals surface area contributed by atoms with Crippen LogP contribution in [0, 0.1) is 0 Å². The molecule has 2 saturated heterocycles. The number of nitrogens with zero attached hydrogens (tertiary/aromatic N) is 1. The van der Waals surface area contributed by atoms with Crippen LogP contribution in [0.25, 0.3) is 0 Å². The van der Waals surface area contributed by atoms with Crippen LogP contribution in [-0.2, 0) is 21.4 Å². The number of hydrogen-bond acceptors (Lipinski definition) is 8. The first-order chi connectivity index (χ1) is 17.7. The molecule has 5 unspecified atom stereocenters. The van der Waals surface area contributed by atoms with Crippen LogP contribution in [0.15, 0.2) is 42.5 Å². The first-order valence-electron chi connectivity index (χ1n) is 12.2. The monoisotopic (exact) mass is 556 g/mol. The average molecular weight is 557 g/mol. The Balaban J connectivity index is 1.34. The van der Waals surface area contributed by atoms with E-state index in [4.69, 9.17) is 21.1 Å². The molecule has 2 aliphatic heterocycles. The Labute approximate surface area is 221 Å². The minimum absolute atomic E-state index is 0.168. The standard InChI is InChI=1S/C25H33ClN2O8S/c26-20-8-5-17(25-24(32)23(31)22(30)21(15-29)36-25)14-18(20)13-16-3-6-19(7-4-16)35-12-9-27-37(33,34)28-10-1-2-11-28/h3-8,14,21-25,27,29-32H,1-2,9-13,15H2. The van der Waals surface area contributed by atoms with Crippen molar-refractivity contribution in [3.63, 3.8) is 0 Å². The first kappa shape index (κ1) is 28.2. The minimum Gasteiger partial charge on any atom is -0.492 e. The third-order valence-corrected chi connectivity index (χ3v) is 8.65. The topological polar surface area (TPSA) is 149 Å². The van der Waals surface area contributed by atoms with Gasteiger partial charge in [0.2, 0.25) is 0 Å². The molecule has 0 radical (unpaired) electrons. The van der Waals surface area contributed by atoms with E-state index < -0.39 is 47.3 Å². The van der Waals surface area contributed by atoms with Gasteiger partial charge < -0.3 is 29.9 Å². The van der Waals surface area contributed by atoms with Gasteiger partial charge in [-0.05, 0) is 54.2 Å². The summed E-state index contributed by atoms with van der Waals surface area (Å²) in [5.74, 6) is 0.602. The second kappa shape index (κ2) is 12.4. The molecule has 4 rings (SSSR count). The number of rotatable bonds is 10. The van der Waals surface area contributed by atoms with Gasteiger partial charge in [-0.15, -0.1) is 0 Å². The molecule has 0 saturated carbocycles. The highest BCUT2D eigenvalue weighted by molar-refractivity contribution is 7.87. The molecular weight excluding hydrogens is 524 g/mol. The molecule has 0 amide bonds. The van der Waals surface area contributed by atoms with Crippen LogP contribution in [0.3, 0.4) is 0 Å². The summed E-state index contributed by atoms with van der Waals surface area (Å²) in [5, 5.41) is 40.6. The molecule has 10 nitrogen and oxygen atoms in total. The van der Waals surface area contributed by atoms with E-state index in [0.29, 0.717) is 35.8 Å². The molecule has 0 bridgehead atoms. The van der Waals surface area contributed by atoms with Gasteiger partial charge in [0.15, 0.2) is 0 Å². The number of aliphatic hydroxyl groups is 4. The molecule has 0 spiro atoms. The highest BCUT2D eigenvalue weighted by Gasteiger charge is 2.44. The van der Waals surface area contributed by atoms with Crippen molar-refractivity contribution in [2.45, 2.75) is 49.8 Å². The molecule has 2 aliphatic rings. The molecule has 12 heteroatoms. The summed E-state index contributed by atoms with van der Waals surface area (Å²) in [6.45, 7) is 0.959. The fourth-order valence-corrected chi connectivity index (χ4v) is 6.01. The molecule has 5 N–H and O–H groups in total. The highest BCUT2D eigenvalue weighted by atomic mass is 35.5. The van der Waals surface area contributed by atoms with Crippen molar-refractivity contribution in [1.29, 1.82) is 0 Å². The molecule has 37 heavy (non-hydrogen) atoms. The van der Waals surface area contributed by atoms with Gasteiger partial charge in [0, 0.05) is 24.7 Å². The zero-order valence-electron chi connectivity index (χ0n) is 20.2. The van der Waals surface area contributed by atoms with Crippen LogP contribution in [0.1, 0.15) is 35.6 Å². The lowest BCUT2D eigenvalue weighted by atomic mass is 9.90. The van der Waals surface area contributed by atoms with E-state index in [1.54, 1.807) is 30.3 Å². The lowest BCUT2D eigenvalue weighted by Gasteiger charge is -2.40. The van der Waals surface area contributed by atoms with Crippen molar-refractivity contribution >= 4 is 21.8 Å². The summed E-state index contributed by atoms with van der Waals surface area (Å²) < 4.78 is 39.7. The quantitative estimate of drug-likeness (QED) is 0.269. The van der Waals surface area contributed by atoms with E-state index in [1.807, 2.05) is 12.1 Å². The summed E-state index contributed by atoms with van der Waals surface area (Å²) in [7, 11) is -3.46. The molecule has 2 heterocycles. The number of nitrogens with one attached hydrogen (secondary N) is 1. The number of aliphatic hydroxyl groups excluding tert-OH is 4. The van der Waals surface area contributed by atoms with E-state index in [2.05, 4.69) is 4.72 Å². The SMILES string of the molecule is O=S(=O)(NCCOc1ccc(Cc2cc(C3OC(CO)C(O)C(O)C3O)ccc2Cl)cc1)N1CCCC1. The van der Waals surface area contributed by atoms with Crippen molar-refractivity contribution in [2.24, 2.45) is 0 Å². The van der Waals surface area contributed by atoms with Crippen LogP contribution in [0.5, 0.6) is 5.75 Å². The Bertz CT molecular complexity index is 1140. The third kappa shape index (κ3) is 6.80. The van der Waals surface area contributed by atoms with E-state index >= 15 is 0 Å². The summed E-state index contributed by atoms with van der Waals surface area (Å²) in [5.41, 5.74) is 2.27. The highest BCUT2D eigenvalue weighted by Crippen LogP contribution is 2.34. The Morgan fingerprint density at radius 1 is 1.03 bits per heavy atom. The lowest BCUT2D eigenvalue weighted by Crippen LogP contribution is -2.55. The molecule has 5 atom stereocenters. The summed E-state index contributed by atoms with van der Waals surface area (Å²) in [6.07, 6.45) is -3.95. The molecular formula is C25H33ClN2O8S. The fraction of sp³-hybridized carbons (Fsp3) is 0.520. The van der Waals surface area contributed by atoms with E-state index in [9.17, 15) is 28.8 Å². The smallest absolute Gasteiger partial charge is 0.279 e. The Kier molecular flexibility index (Phi) is 9.43. The van der Waals surface area contributed by atoms with Gasteiger partial charge in [-0.25, -0.2) is 0 Å². The van der Waals surface area contributed by atoms with Gasteiger partial charge in [-0.2, -0.15) is 17.4 Å². The second-order valence-electron chi connectivity index (χ2n) is 9.28. The molecule has 0 aliphatic carbocycles. The molecule has 2 aromatic rings. The largest absolute Gasteiger partial charge is 0.492 e. The minimum atomic E-state index is -3.46. The van der Waals surface area contributed by atoms with Gasteiger partial charge in [-0.1, -0.05) is 35.9 Å². The van der Waals surface area contributed by atoms with Gasteiger partial charge in [-0.3, -0.25) is 0 Å². The average Bonchev–Trinajstić information content (AvgIpc) is 3.44. The van der Waals surface area contributed by atoms with Crippen LogP contribution in [-0.4, -0.2) is 90.4 Å². The normalized spacial score (nSPS) is 26.9. The maximum Gasteiger partial charge on any atom is 0.279 e. The number of benzene rings is 2. The Morgan fingerprint density at radius 2 is 1.73 bits per heavy atom. The van der Waals surface area contributed by atoms with E-state index in [0.717, 1.165) is 24.0 Å². The van der Waals surface area contributed by atoms with Gasteiger partial charge in [0.1, 0.15) is 42.9 Å². The number of hydrogen-bond donors (Lipinski definition) is 5. The predicted molar refractivity (Wildman–Crippen MR) is 137 cm³/mol. The molecule has 0 aromatic heterocycles.